The lowest BCUT2D eigenvalue weighted by Crippen LogP contribution is -2.01. The molecule has 2 aromatic rings. The van der Waals surface area contributed by atoms with Gasteiger partial charge in [-0.25, -0.2) is 4.39 Å². The van der Waals surface area contributed by atoms with E-state index in [2.05, 4.69) is 10.3 Å². The number of hydrogen-bond donors (Lipinski definition) is 2. The van der Waals surface area contributed by atoms with Gasteiger partial charge in [0.2, 0.25) is 0 Å². The minimum atomic E-state index is -0.398. The number of aromatic nitrogens is 1. The number of hydrogen-bond acceptors (Lipinski definition) is 4. The van der Waals surface area contributed by atoms with Crippen LogP contribution in [0.25, 0.3) is 10.9 Å². The van der Waals surface area contributed by atoms with Crippen molar-refractivity contribution in [1.82, 2.24) is 4.98 Å². The van der Waals surface area contributed by atoms with Gasteiger partial charge in [0, 0.05) is 11.6 Å². The fourth-order valence-electron chi connectivity index (χ4n) is 1.64. The molecule has 0 radical (unpaired) electrons. The van der Waals surface area contributed by atoms with Gasteiger partial charge >= 0.3 is 0 Å². The maximum absolute atomic E-state index is 13.5. The fourth-order valence-corrected chi connectivity index (χ4v) is 1.64. The summed E-state index contributed by atoms with van der Waals surface area (Å²) in [5.74, 6) is -0.398. The number of anilines is 1. The molecule has 5 nitrogen and oxygen atoms in total. The van der Waals surface area contributed by atoms with Crippen molar-refractivity contribution < 1.29 is 4.39 Å². The summed E-state index contributed by atoms with van der Waals surface area (Å²) >= 11 is 0. The molecule has 0 aliphatic carbocycles. The number of allylic oxidation sites excluding steroid dienone is 2. The van der Waals surface area contributed by atoms with E-state index >= 15 is 0 Å². The Balaban J connectivity index is 2.55. The minimum Gasteiger partial charge on any atom is -0.359 e. The quantitative estimate of drug-likeness (QED) is 0.801. The summed E-state index contributed by atoms with van der Waals surface area (Å²) in [5, 5.41) is 29.4. The van der Waals surface area contributed by atoms with Crippen LogP contribution in [-0.4, -0.2) is 4.98 Å². The van der Waals surface area contributed by atoms with Gasteiger partial charge < -0.3 is 10.3 Å². The van der Waals surface area contributed by atoms with Crippen molar-refractivity contribution >= 4 is 16.6 Å². The summed E-state index contributed by atoms with van der Waals surface area (Å²) in [5.41, 5.74) is 0.378. The first-order valence-corrected chi connectivity index (χ1v) is 5.18. The highest BCUT2D eigenvalue weighted by molar-refractivity contribution is 5.92. The average molecular weight is 251 g/mol. The lowest BCUT2D eigenvalue weighted by atomic mass is 10.2. The molecular formula is C13H6FN5. The molecule has 1 aromatic carbocycles. The topological polar surface area (TPSA) is 99.2 Å². The van der Waals surface area contributed by atoms with Crippen LogP contribution in [0.3, 0.4) is 0 Å². The summed E-state index contributed by atoms with van der Waals surface area (Å²) in [4.78, 5) is 2.83. The number of H-pyrrole nitrogens is 1. The molecule has 0 spiro atoms. The Labute approximate surface area is 107 Å². The number of rotatable bonds is 2. The molecule has 1 heterocycles. The minimum absolute atomic E-state index is 0.174. The van der Waals surface area contributed by atoms with Crippen molar-refractivity contribution in [3.05, 3.63) is 41.5 Å². The molecule has 0 bridgehead atoms. The molecule has 0 fully saturated rings. The van der Waals surface area contributed by atoms with Gasteiger partial charge in [0.05, 0.1) is 11.2 Å². The summed E-state index contributed by atoms with van der Waals surface area (Å²) in [6.07, 6.45) is 1.56. The van der Waals surface area contributed by atoms with Crippen LogP contribution in [0.15, 0.2) is 35.7 Å². The fraction of sp³-hybridized carbons (Fsp3) is 0. The van der Waals surface area contributed by atoms with Gasteiger partial charge in [-0.15, -0.1) is 0 Å². The second-order valence-corrected chi connectivity index (χ2v) is 3.57. The number of fused-ring (bicyclic) bond motifs is 1. The zero-order valence-corrected chi connectivity index (χ0v) is 9.53. The molecule has 0 amide bonds. The summed E-state index contributed by atoms with van der Waals surface area (Å²) in [7, 11) is 0. The Kier molecular flexibility index (Phi) is 3.14. The number of halogens is 1. The molecule has 0 atom stereocenters. The summed E-state index contributed by atoms with van der Waals surface area (Å²) in [6, 6.07) is 9.22. The van der Waals surface area contributed by atoms with E-state index in [1.165, 1.54) is 12.1 Å². The van der Waals surface area contributed by atoms with Crippen molar-refractivity contribution in [3.8, 4) is 18.2 Å². The second kappa shape index (κ2) is 4.91. The van der Waals surface area contributed by atoms with E-state index in [4.69, 9.17) is 15.8 Å². The van der Waals surface area contributed by atoms with Gasteiger partial charge in [-0.05, 0) is 18.2 Å². The van der Waals surface area contributed by atoms with Gasteiger partial charge in [-0.2, -0.15) is 15.8 Å². The van der Waals surface area contributed by atoms with E-state index in [-0.39, 0.29) is 11.3 Å². The van der Waals surface area contributed by atoms with Crippen LogP contribution in [0, 0.1) is 39.8 Å². The van der Waals surface area contributed by atoms with E-state index in [0.29, 0.717) is 16.6 Å². The number of nitrogens with zero attached hydrogens (tertiary/aromatic N) is 3. The summed E-state index contributed by atoms with van der Waals surface area (Å²) in [6.45, 7) is 0. The third kappa shape index (κ3) is 2.09. The second-order valence-electron chi connectivity index (χ2n) is 3.57. The Hall–Kier alpha value is -3.30. The predicted octanol–water partition coefficient (Wildman–Crippen LogP) is 2.54. The lowest BCUT2D eigenvalue weighted by molar-refractivity contribution is 0.640. The SMILES string of the molecule is N#CC(C#N)=C(C#N)Nc1ccc(F)c2cc[nH]c12. The standard InChI is InChI=1S/C13H6FN5/c14-10-1-2-11(13-9(10)3-4-18-13)19-12(7-17)8(5-15)6-16/h1-4,18-19H. The summed E-state index contributed by atoms with van der Waals surface area (Å²) < 4.78 is 13.5. The van der Waals surface area contributed by atoms with E-state index in [0.717, 1.165) is 0 Å². The Morgan fingerprint density at radius 3 is 2.47 bits per heavy atom. The van der Waals surface area contributed by atoms with E-state index < -0.39 is 5.82 Å². The third-order valence-electron chi connectivity index (χ3n) is 2.52. The van der Waals surface area contributed by atoms with E-state index in [1.54, 1.807) is 30.5 Å². The molecule has 0 unspecified atom stereocenters. The van der Waals surface area contributed by atoms with Crippen LogP contribution in [0.2, 0.25) is 0 Å². The van der Waals surface area contributed by atoms with Gasteiger partial charge in [0.15, 0.2) is 5.57 Å². The maximum atomic E-state index is 13.5. The monoisotopic (exact) mass is 251 g/mol. The average Bonchev–Trinajstić information content (AvgIpc) is 2.92. The highest BCUT2D eigenvalue weighted by Crippen LogP contribution is 2.25. The van der Waals surface area contributed by atoms with Gasteiger partial charge in [0.25, 0.3) is 0 Å². The van der Waals surface area contributed by atoms with Crippen LogP contribution in [0.5, 0.6) is 0 Å². The van der Waals surface area contributed by atoms with E-state index in [1.807, 2.05) is 0 Å². The Morgan fingerprint density at radius 2 is 1.84 bits per heavy atom. The predicted molar refractivity (Wildman–Crippen MR) is 65.7 cm³/mol. The molecule has 2 N–H and O–H groups in total. The first-order chi connectivity index (χ1) is 9.21. The first kappa shape index (κ1) is 12.2. The van der Waals surface area contributed by atoms with Crippen LogP contribution >= 0.6 is 0 Å². The first-order valence-electron chi connectivity index (χ1n) is 5.18. The zero-order valence-electron chi connectivity index (χ0n) is 9.53. The molecule has 0 saturated heterocycles. The maximum Gasteiger partial charge on any atom is 0.163 e. The molecule has 0 aliphatic heterocycles. The normalized spacial score (nSPS) is 9.16. The molecule has 90 valence electrons. The Morgan fingerprint density at radius 1 is 1.11 bits per heavy atom. The Bertz CT molecular complexity index is 779. The van der Waals surface area contributed by atoms with Crippen LogP contribution in [0.1, 0.15) is 0 Å². The molecule has 0 aliphatic rings. The van der Waals surface area contributed by atoms with Crippen LogP contribution in [0.4, 0.5) is 10.1 Å². The number of aromatic amines is 1. The highest BCUT2D eigenvalue weighted by atomic mass is 19.1. The number of benzene rings is 1. The molecule has 6 heteroatoms. The van der Waals surface area contributed by atoms with Crippen LogP contribution in [-0.2, 0) is 0 Å². The van der Waals surface area contributed by atoms with Crippen molar-refractivity contribution in [1.29, 1.82) is 15.8 Å². The van der Waals surface area contributed by atoms with Gasteiger partial charge in [-0.3, -0.25) is 0 Å². The van der Waals surface area contributed by atoms with Gasteiger partial charge in [-0.1, -0.05) is 0 Å². The molecule has 2 rings (SSSR count). The highest BCUT2D eigenvalue weighted by Gasteiger charge is 2.10. The number of nitrogens with one attached hydrogen (secondary N) is 2. The van der Waals surface area contributed by atoms with E-state index in [9.17, 15) is 4.39 Å². The molecule has 0 saturated carbocycles. The van der Waals surface area contributed by atoms with Gasteiger partial charge in [0.1, 0.15) is 29.7 Å². The largest absolute Gasteiger partial charge is 0.359 e. The zero-order chi connectivity index (χ0) is 13.8. The molecular weight excluding hydrogens is 245 g/mol. The van der Waals surface area contributed by atoms with Crippen LogP contribution < -0.4 is 5.32 Å². The third-order valence-corrected chi connectivity index (χ3v) is 2.52. The van der Waals surface area contributed by atoms with Crippen molar-refractivity contribution in [2.75, 3.05) is 5.32 Å². The smallest absolute Gasteiger partial charge is 0.163 e. The molecule has 1 aromatic heterocycles. The lowest BCUT2D eigenvalue weighted by Gasteiger charge is -2.06. The van der Waals surface area contributed by atoms with Crippen molar-refractivity contribution in [2.24, 2.45) is 0 Å². The van der Waals surface area contributed by atoms with Crippen molar-refractivity contribution in [2.45, 2.75) is 0 Å². The van der Waals surface area contributed by atoms with Crippen molar-refractivity contribution in [3.63, 3.8) is 0 Å². The molecule has 19 heavy (non-hydrogen) atoms. The number of nitriles is 3.